The quantitative estimate of drug-likeness (QED) is 0.700. The van der Waals surface area contributed by atoms with E-state index in [1.165, 1.54) is 6.92 Å². The van der Waals surface area contributed by atoms with Gasteiger partial charge in [-0.25, -0.2) is 4.98 Å². The van der Waals surface area contributed by atoms with Crippen molar-refractivity contribution in [3.63, 3.8) is 0 Å². The van der Waals surface area contributed by atoms with Gasteiger partial charge in [0.1, 0.15) is 11.4 Å². The zero-order valence-electron chi connectivity index (χ0n) is 8.65. The number of fused-ring (bicyclic) bond motifs is 1. The third-order valence-electron chi connectivity index (χ3n) is 2.26. The minimum absolute atomic E-state index is 0.0564. The lowest BCUT2D eigenvalue weighted by Gasteiger charge is -2.06. The van der Waals surface area contributed by atoms with Gasteiger partial charge in [0.05, 0.1) is 12.6 Å². The van der Waals surface area contributed by atoms with Crippen LogP contribution >= 0.6 is 0 Å². The van der Waals surface area contributed by atoms with E-state index in [4.69, 9.17) is 4.74 Å². The molecule has 0 radical (unpaired) electrons. The van der Waals surface area contributed by atoms with E-state index >= 15 is 0 Å². The van der Waals surface area contributed by atoms with Crippen molar-refractivity contribution >= 4 is 16.7 Å². The van der Waals surface area contributed by atoms with Gasteiger partial charge < -0.3 is 4.74 Å². The van der Waals surface area contributed by atoms with Crippen LogP contribution in [0.2, 0.25) is 0 Å². The Balaban J connectivity index is 2.77. The molecular formula is C12H11NO2. The summed E-state index contributed by atoms with van der Waals surface area (Å²) in [5.74, 6) is 0.629. The summed E-state index contributed by atoms with van der Waals surface area (Å²) in [6.07, 6.45) is 0. The van der Waals surface area contributed by atoms with Gasteiger partial charge in [0, 0.05) is 18.4 Å². The van der Waals surface area contributed by atoms with E-state index in [9.17, 15) is 4.79 Å². The molecular weight excluding hydrogens is 190 g/mol. The highest BCUT2D eigenvalue weighted by molar-refractivity contribution is 5.96. The summed E-state index contributed by atoms with van der Waals surface area (Å²) in [6, 6.07) is 9.26. The van der Waals surface area contributed by atoms with E-state index in [2.05, 4.69) is 4.98 Å². The summed E-state index contributed by atoms with van der Waals surface area (Å²) in [7, 11) is 1.59. The van der Waals surface area contributed by atoms with Gasteiger partial charge >= 0.3 is 0 Å². The number of hydrogen-bond donors (Lipinski definition) is 0. The lowest BCUT2D eigenvalue weighted by molar-refractivity contribution is 0.101. The van der Waals surface area contributed by atoms with E-state index in [1.54, 1.807) is 13.2 Å². The topological polar surface area (TPSA) is 39.2 Å². The Kier molecular flexibility index (Phi) is 2.37. The van der Waals surface area contributed by atoms with E-state index in [-0.39, 0.29) is 5.78 Å². The summed E-state index contributed by atoms with van der Waals surface area (Å²) >= 11 is 0. The molecule has 0 aliphatic carbocycles. The van der Waals surface area contributed by atoms with E-state index in [1.807, 2.05) is 24.3 Å². The fraction of sp³-hybridized carbons (Fsp3) is 0.167. The molecule has 0 N–H and O–H groups in total. The summed E-state index contributed by atoms with van der Waals surface area (Å²) < 4.78 is 5.23. The van der Waals surface area contributed by atoms with Crippen molar-refractivity contribution in [2.75, 3.05) is 7.11 Å². The molecule has 0 fully saturated rings. The van der Waals surface area contributed by atoms with Crippen LogP contribution in [0.15, 0.2) is 30.3 Å². The Morgan fingerprint density at radius 3 is 2.73 bits per heavy atom. The van der Waals surface area contributed by atoms with Gasteiger partial charge in [0.25, 0.3) is 0 Å². The number of Topliss-reactive ketones (excluding diaryl/α,β-unsaturated/α-hetero) is 1. The maximum Gasteiger partial charge on any atom is 0.178 e. The van der Waals surface area contributed by atoms with Crippen LogP contribution in [0.4, 0.5) is 0 Å². The Morgan fingerprint density at radius 2 is 2.07 bits per heavy atom. The summed E-state index contributed by atoms with van der Waals surface area (Å²) in [5.41, 5.74) is 1.22. The Bertz CT molecular complexity index is 520. The van der Waals surface area contributed by atoms with Crippen LogP contribution in [-0.2, 0) is 0 Å². The average Bonchev–Trinajstić information content (AvgIpc) is 2.27. The number of methoxy groups -OCH3 is 1. The van der Waals surface area contributed by atoms with Crippen LogP contribution in [0.25, 0.3) is 10.9 Å². The molecule has 0 aliphatic rings. The smallest absolute Gasteiger partial charge is 0.178 e. The second kappa shape index (κ2) is 3.69. The highest BCUT2D eigenvalue weighted by Gasteiger charge is 2.08. The molecule has 0 atom stereocenters. The van der Waals surface area contributed by atoms with Gasteiger partial charge in [0.2, 0.25) is 0 Å². The van der Waals surface area contributed by atoms with Crippen molar-refractivity contribution in [2.45, 2.75) is 6.92 Å². The summed E-state index contributed by atoms with van der Waals surface area (Å²) in [6.45, 7) is 1.50. The zero-order chi connectivity index (χ0) is 10.8. The lowest BCUT2D eigenvalue weighted by atomic mass is 10.1. The number of ether oxygens (including phenoxy) is 1. The average molecular weight is 201 g/mol. The largest absolute Gasteiger partial charge is 0.496 e. The van der Waals surface area contributed by atoms with Gasteiger partial charge in [-0.05, 0) is 12.1 Å². The number of nitrogens with zero attached hydrogens (tertiary/aromatic N) is 1. The molecule has 0 bridgehead atoms. The third kappa shape index (κ3) is 1.68. The molecule has 1 aromatic heterocycles. The predicted octanol–water partition coefficient (Wildman–Crippen LogP) is 2.45. The normalized spacial score (nSPS) is 10.3. The molecule has 1 aromatic carbocycles. The van der Waals surface area contributed by atoms with Gasteiger partial charge in [-0.15, -0.1) is 0 Å². The number of hydrogen-bond acceptors (Lipinski definition) is 3. The molecule has 0 aliphatic heterocycles. The monoisotopic (exact) mass is 201 g/mol. The second-order valence-corrected chi connectivity index (χ2v) is 3.28. The maximum atomic E-state index is 11.2. The number of benzene rings is 1. The molecule has 0 saturated heterocycles. The summed E-state index contributed by atoms with van der Waals surface area (Å²) in [5, 5.41) is 0.921. The molecule has 3 heteroatoms. The number of rotatable bonds is 2. The van der Waals surface area contributed by atoms with E-state index in [0.717, 1.165) is 10.9 Å². The third-order valence-corrected chi connectivity index (χ3v) is 2.26. The maximum absolute atomic E-state index is 11.2. The standard InChI is InChI=1S/C12H11NO2/c1-8(14)11-7-12(15-2)9-5-3-4-6-10(9)13-11/h3-7H,1-2H3. The molecule has 3 nitrogen and oxygen atoms in total. The minimum atomic E-state index is -0.0564. The number of carbonyl (C=O) groups excluding carboxylic acids is 1. The molecule has 1 heterocycles. The number of carbonyl (C=O) groups is 1. The van der Waals surface area contributed by atoms with Crippen LogP contribution in [0.1, 0.15) is 17.4 Å². The van der Waals surface area contributed by atoms with Gasteiger partial charge in [0.15, 0.2) is 5.78 Å². The van der Waals surface area contributed by atoms with Gasteiger partial charge in [-0.1, -0.05) is 12.1 Å². The van der Waals surface area contributed by atoms with Crippen LogP contribution < -0.4 is 4.74 Å². The second-order valence-electron chi connectivity index (χ2n) is 3.28. The summed E-state index contributed by atoms with van der Waals surface area (Å²) in [4.78, 5) is 15.5. The van der Waals surface area contributed by atoms with Crippen molar-refractivity contribution in [3.05, 3.63) is 36.0 Å². The lowest BCUT2D eigenvalue weighted by Crippen LogP contribution is -1.98. The molecule has 0 saturated carbocycles. The van der Waals surface area contributed by atoms with Crippen molar-refractivity contribution in [2.24, 2.45) is 0 Å². The highest BCUT2D eigenvalue weighted by Crippen LogP contribution is 2.24. The first-order valence-electron chi connectivity index (χ1n) is 4.67. The van der Waals surface area contributed by atoms with Crippen LogP contribution in [0, 0.1) is 0 Å². The minimum Gasteiger partial charge on any atom is -0.496 e. The van der Waals surface area contributed by atoms with Crippen molar-refractivity contribution < 1.29 is 9.53 Å². The molecule has 15 heavy (non-hydrogen) atoms. The number of aromatic nitrogens is 1. The Labute approximate surface area is 87.7 Å². The van der Waals surface area contributed by atoms with Crippen molar-refractivity contribution in [1.29, 1.82) is 0 Å². The van der Waals surface area contributed by atoms with Crippen molar-refractivity contribution in [3.8, 4) is 5.75 Å². The first kappa shape index (κ1) is 9.65. The molecule has 0 spiro atoms. The molecule has 2 aromatic rings. The van der Waals surface area contributed by atoms with Crippen molar-refractivity contribution in [1.82, 2.24) is 4.98 Å². The molecule has 0 amide bonds. The van der Waals surface area contributed by atoms with Crippen LogP contribution in [0.5, 0.6) is 5.75 Å². The zero-order valence-corrected chi connectivity index (χ0v) is 8.65. The van der Waals surface area contributed by atoms with Gasteiger partial charge in [-0.2, -0.15) is 0 Å². The molecule has 2 rings (SSSR count). The molecule has 0 unspecified atom stereocenters. The SMILES string of the molecule is COc1cc(C(C)=O)nc2ccccc12. The predicted molar refractivity (Wildman–Crippen MR) is 58.3 cm³/mol. The Hall–Kier alpha value is -1.90. The fourth-order valence-electron chi connectivity index (χ4n) is 1.49. The fourth-order valence-corrected chi connectivity index (χ4v) is 1.49. The first-order valence-corrected chi connectivity index (χ1v) is 4.67. The number of pyridine rings is 1. The molecule has 76 valence electrons. The van der Waals surface area contributed by atoms with E-state index < -0.39 is 0 Å². The van der Waals surface area contributed by atoms with Gasteiger partial charge in [-0.3, -0.25) is 4.79 Å². The van der Waals surface area contributed by atoms with Crippen LogP contribution in [0.3, 0.4) is 0 Å². The Morgan fingerprint density at radius 1 is 1.33 bits per heavy atom. The van der Waals surface area contributed by atoms with Crippen LogP contribution in [-0.4, -0.2) is 17.9 Å². The number of ketones is 1. The van der Waals surface area contributed by atoms with E-state index in [0.29, 0.717) is 11.4 Å². The highest BCUT2D eigenvalue weighted by atomic mass is 16.5. The number of para-hydroxylation sites is 1. The first-order chi connectivity index (χ1) is 7.22.